The van der Waals surface area contributed by atoms with E-state index in [1.165, 1.54) is 0 Å². The van der Waals surface area contributed by atoms with Crippen molar-refractivity contribution in [1.82, 2.24) is 0 Å². The van der Waals surface area contributed by atoms with E-state index in [9.17, 15) is 0 Å². The van der Waals surface area contributed by atoms with Gasteiger partial charge in [-0.25, -0.2) is 0 Å². The fourth-order valence-electron chi connectivity index (χ4n) is 1.43. The molecule has 1 aromatic rings. The third-order valence-electron chi connectivity index (χ3n) is 2.21. The summed E-state index contributed by atoms with van der Waals surface area (Å²) in [6.45, 7) is 5.16. The van der Waals surface area contributed by atoms with Crippen LogP contribution in [0.2, 0.25) is 0 Å². The van der Waals surface area contributed by atoms with Gasteiger partial charge in [-0.3, -0.25) is 4.99 Å². The van der Waals surface area contributed by atoms with Gasteiger partial charge in [0.25, 0.3) is 0 Å². The van der Waals surface area contributed by atoms with Crippen molar-refractivity contribution in [2.24, 2.45) is 10.9 Å². The van der Waals surface area contributed by atoms with Crippen LogP contribution in [-0.4, -0.2) is 6.72 Å². The molecule has 0 aromatic heterocycles. The molecule has 0 fully saturated rings. The summed E-state index contributed by atoms with van der Waals surface area (Å²) < 4.78 is 0. The quantitative estimate of drug-likeness (QED) is 0.197. The van der Waals surface area contributed by atoms with Gasteiger partial charge in [-0.05, 0) is 13.6 Å². The molecule has 0 amide bonds. The van der Waals surface area contributed by atoms with Gasteiger partial charge in [0.1, 0.15) is 5.69 Å². The van der Waals surface area contributed by atoms with E-state index < -0.39 is 0 Å². The smallest absolute Gasteiger partial charge is 0.177 e. The second-order valence-corrected chi connectivity index (χ2v) is 3.05. The Balaban J connectivity index is 3.64. The molecule has 0 saturated heterocycles. The van der Waals surface area contributed by atoms with E-state index >= 15 is 0 Å². The van der Waals surface area contributed by atoms with Crippen molar-refractivity contribution in [2.75, 3.05) is 16.8 Å². The molecule has 0 saturated carbocycles. The van der Waals surface area contributed by atoms with Crippen LogP contribution in [-0.2, 0) is 0 Å². The zero-order valence-corrected chi connectivity index (χ0v) is 8.87. The van der Waals surface area contributed by atoms with Crippen LogP contribution < -0.4 is 27.5 Å². The molecule has 0 aliphatic heterocycles. The average molecular weight is 219 g/mol. The van der Waals surface area contributed by atoms with E-state index in [1.807, 2.05) is 0 Å². The van der Waals surface area contributed by atoms with Gasteiger partial charge in [0.15, 0.2) is 5.75 Å². The lowest BCUT2D eigenvalue weighted by molar-refractivity contribution is 0.334. The topological polar surface area (TPSA) is 112 Å². The van der Waals surface area contributed by atoms with E-state index in [4.69, 9.17) is 23.8 Å². The van der Waals surface area contributed by atoms with Gasteiger partial charge < -0.3 is 21.6 Å². The Bertz CT molecular complexity index is 475. The summed E-state index contributed by atoms with van der Waals surface area (Å²) in [7, 11) is 0. The molecule has 0 heterocycles. The molecule has 0 atom stereocenters. The molecule has 0 bridgehead atoms. The summed E-state index contributed by atoms with van der Waals surface area (Å²) in [5, 5.41) is 2.62. The summed E-state index contributed by atoms with van der Waals surface area (Å²) >= 11 is 0. The van der Waals surface area contributed by atoms with Crippen molar-refractivity contribution in [3.8, 4) is 18.2 Å². The molecular weight excluding hydrogens is 206 g/mol. The molecule has 84 valence electrons. The monoisotopic (exact) mass is 219 g/mol. The molecule has 16 heavy (non-hydrogen) atoms. The first-order valence-electron chi connectivity index (χ1n) is 4.35. The zero-order chi connectivity index (χ0) is 12.3. The molecule has 0 aliphatic rings. The predicted molar refractivity (Wildman–Crippen MR) is 66.5 cm³/mol. The van der Waals surface area contributed by atoms with Gasteiger partial charge in [0.05, 0.1) is 17.1 Å². The fraction of sp³-hybridized carbons (Fsp3) is 0.100. The van der Waals surface area contributed by atoms with Crippen LogP contribution in [0.5, 0.6) is 5.75 Å². The molecule has 6 heteroatoms. The summed E-state index contributed by atoms with van der Waals surface area (Å²) in [6.07, 6.45) is 5.15. The molecule has 0 unspecified atom stereocenters. The van der Waals surface area contributed by atoms with E-state index in [0.29, 0.717) is 16.9 Å². The van der Waals surface area contributed by atoms with Crippen molar-refractivity contribution >= 4 is 29.5 Å². The van der Waals surface area contributed by atoms with E-state index in [1.54, 1.807) is 6.92 Å². The Kier molecular flexibility index (Phi) is 3.23. The van der Waals surface area contributed by atoms with Gasteiger partial charge >= 0.3 is 0 Å². The molecular formula is C10H13N5O. The lowest BCUT2D eigenvalue weighted by Crippen LogP contribution is -2.10. The Labute approximate surface area is 93.4 Å². The number of nitrogens with one attached hydrogen (secondary N) is 1. The van der Waals surface area contributed by atoms with Crippen LogP contribution in [0.25, 0.3) is 0 Å². The summed E-state index contributed by atoms with van der Waals surface area (Å²) in [6, 6.07) is 2.25. The number of benzene rings is 1. The minimum Gasteiger partial charge on any atom is -0.409 e. The minimum absolute atomic E-state index is 0.213. The normalized spacial score (nSPS) is 9.31. The Morgan fingerprint density at radius 2 is 2.06 bits per heavy atom. The van der Waals surface area contributed by atoms with Crippen LogP contribution in [0.15, 0.2) is 4.99 Å². The van der Waals surface area contributed by atoms with Gasteiger partial charge in [-0.15, -0.1) is 0 Å². The van der Waals surface area contributed by atoms with Gasteiger partial charge in [-0.2, -0.15) is 5.90 Å². The molecule has 0 radical (unpaired) electrons. The van der Waals surface area contributed by atoms with E-state index in [0.717, 1.165) is 0 Å². The predicted octanol–water partition coefficient (Wildman–Crippen LogP) is 0.747. The first kappa shape index (κ1) is 11.7. The van der Waals surface area contributed by atoms with Gasteiger partial charge in [0, 0.05) is 11.6 Å². The number of hydrogen-bond acceptors (Lipinski definition) is 6. The number of terminal acetylenes is 1. The van der Waals surface area contributed by atoms with E-state index in [-0.39, 0.29) is 17.1 Å². The first-order chi connectivity index (χ1) is 7.58. The van der Waals surface area contributed by atoms with Gasteiger partial charge in [0.2, 0.25) is 0 Å². The van der Waals surface area contributed by atoms with Crippen LogP contribution in [0.1, 0.15) is 5.56 Å². The lowest BCUT2D eigenvalue weighted by atomic mass is 10.1. The fourth-order valence-corrected chi connectivity index (χ4v) is 1.43. The first-order valence-corrected chi connectivity index (χ1v) is 4.35. The maximum atomic E-state index is 5.78. The third kappa shape index (κ3) is 1.60. The summed E-state index contributed by atoms with van der Waals surface area (Å²) in [4.78, 5) is 8.48. The highest BCUT2D eigenvalue weighted by Crippen LogP contribution is 2.45. The van der Waals surface area contributed by atoms with Crippen molar-refractivity contribution in [3.63, 3.8) is 0 Å². The second kappa shape index (κ2) is 4.42. The second-order valence-electron chi connectivity index (χ2n) is 3.05. The van der Waals surface area contributed by atoms with Gasteiger partial charge in [-0.1, -0.05) is 6.42 Å². The number of nitrogens with zero attached hydrogens (tertiary/aromatic N) is 1. The van der Waals surface area contributed by atoms with Crippen LogP contribution >= 0.6 is 0 Å². The number of nitrogen functional groups attached to an aromatic ring is 2. The highest BCUT2D eigenvalue weighted by molar-refractivity contribution is 5.94. The minimum atomic E-state index is 0.213. The maximum absolute atomic E-state index is 5.78. The van der Waals surface area contributed by atoms with Crippen molar-refractivity contribution in [3.05, 3.63) is 5.56 Å². The standard InChI is InChI=1S/C10H13N5O/c1-4-15-9-6(11)7(12)10(16-13)5(2)8(9)14-3/h1,15H,3,11-13H2,2H3. The highest BCUT2D eigenvalue weighted by atomic mass is 16.6. The number of rotatable bonds is 3. The molecule has 7 N–H and O–H groups in total. The average Bonchev–Trinajstić information content (AvgIpc) is 2.27. The number of anilines is 3. The van der Waals surface area contributed by atoms with Crippen molar-refractivity contribution in [2.45, 2.75) is 6.92 Å². The zero-order valence-electron chi connectivity index (χ0n) is 8.87. The maximum Gasteiger partial charge on any atom is 0.177 e. The number of aliphatic imine (C=N–C) groups is 1. The molecule has 1 rings (SSSR count). The number of nitrogens with two attached hydrogens (primary N) is 3. The highest BCUT2D eigenvalue weighted by Gasteiger charge is 2.18. The Morgan fingerprint density at radius 3 is 2.50 bits per heavy atom. The van der Waals surface area contributed by atoms with Crippen molar-refractivity contribution < 1.29 is 4.84 Å². The van der Waals surface area contributed by atoms with Crippen molar-refractivity contribution in [1.29, 1.82) is 0 Å². The van der Waals surface area contributed by atoms with Crippen LogP contribution in [0, 0.1) is 19.4 Å². The largest absolute Gasteiger partial charge is 0.409 e. The SMILES string of the molecule is C#CNc1c(N)c(N)c(ON)c(C)c1N=C. The Hall–Kier alpha value is -2.39. The molecule has 0 spiro atoms. The molecule has 6 nitrogen and oxygen atoms in total. The molecule has 0 aliphatic carbocycles. The van der Waals surface area contributed by atoms with E-state index in [2.05, 4.69) is 27.9 Å². The number of hydrogen-bond donors (Lipinski definition) is 4. The lowest BCUT2D eigenvalue weighted by Gasteiger charge is -2.16. The summed E-state index contributed by atoms with van der Waals surface area (Å²) in [5.41, 5.74) is 13.5. The van der Waals surface area contributed by atoms with Crippen LogP contribution in [0.4, 0.5) is 22.7 Å². The Morgan fingerprint density at radius 1 is 1.44 bits per heavy atom. The third-order valence-corrected chi connectivity index (χ3v) is 2.21. The summed E-state index contributed by atoms with van der Waals surface area (Å²) in [5.74, 6) is 5.38. The van der Waals surface area contributed by atoms with Crippen LogP contribution in [0.3, 0.4) is 0 Å². The molecule has 1 aromatic carbocycles.